The van der Waals surface area contributed by atoms with E-state index < -0.39 is 11.7 Å². The zero-order valence-electron chi connectivity index (χ0n) is 19.5. The number of pyridine rings is 1. The van der Waals surface area contributed by atoms with E-state index >= 15 is 0 Å². The molecule has 9 nitrogen and oxygen atoms in total. The summed E-state index contributed by atoms with van der Waals surface area (Å²) in [5.74, 6) is 1.02. The zero-order chi connectivity index (χ0) is 24.6. The number of rotatable bonds is 5. The molecule has 3 saturated heterocycles. The van der Waals surface area contributed by atoms with Gasteiger partial charge < -0.3 is 19.9 Å². The highest BCUT2D eigenvalue weighted by atomic mass is 19.4. The number of halogens is 3. The summed E-state index contributed by atoms with van der Waals surface area (Å²) >= 11 is 0. The number of nitrogens with zero attached hydrogens (tertiary/aromatic N) is 6. The van der Waals surface area contributed by atoms with Gasteiger partial charge in [-0.25, -0.2) is 9.97 Å². The first-order valence-electron chi connectivity index (χ1n) is 11.8. The predicted molar refractivity (Wildman–Crippen MR) is 123 cm³/mol. The van der Waals surface area contributed by atoms with E-state index in [4.69, 9.17) is 9.72 Å². The monoisotopic (exact) mass is 491 g/mol. The molecule has 1 atom stereocenters. The number of ether oxygens (including phenoxy) is 1. The lowest BCUT2D eigenvalue weighted by molar-refractivity contribution is -0.137. The van der Waals surface area contributed by atoms with Crippen molar-refractivity contribution in [2.75, 3.05) is 62.7 Å². The van der Waals surface area contributed by atoms with Gasteiger partial charge in [0.1, 0.15) is 11.6 Å². The molecule has 2 aromatic rings. The molecule has 0 saturated carbocycles. The van der Waals surface area contributed by atoms with Crippen LogP contribution in [0.5, 0.6) is 0 Å². The van der Waals surface area contributed by atoms with E-state index in [0.717, 1.165) is 69.8 Å². The van der Waals surface area contributed by atoms with Gasteiger partial charge >= 0.3 is 6.18 Å². The normalized spacial score (nSPS) is 21.8. The third-order valence-corrected chi connectivity index (χ3v) is 6.84. The Hall–Kier alpha value is -2.99. The molecule has 3 aliphatic heterocycles. The summed E-state index contributed by atoms with van der Waals surface area (Å²) in [6.07, 6.45) is -2.57. The Balaban J connectivity index is 1.38. The lowest BCUT2D eigenvalue weighted by Gasteiger charge is -2.46. The molecular weight excluding hydrogens is 463 g/mol. The van der Waals surface area contributed by atoms with E-state index in [1.807, 2.05) is 0 Å². The minimum atomic E-state index is -4.46. The van der Waals surface area contributed by atoms with Crippen LogP contribution in [0.2, 0.25) is 0 Å². The Labute approximate surface area is 201 Å². The Morgan fingerprint density at radius 1 is 1.09 bits per heavy atom. The number of carbonyl (C=O) groups is 1. The van der Waals surface area contributed by atoms with Gasteiger partial charge in [0.15, 0.2) is 0 Å². The summed E-state index contributed by atoms with van der Waals surface area (Å²) in [4.78, 5) is 31.5. The number of hydrogen-bond donors (Lipinski definition) is 1. The van der Waals surface area contributed by atoms with Crippen LogP contribution in [0.4, 0.5) is 30.8 Å². The largest absolute Gasteiger partial charge is 0.416 e. The second-order valence-corrected chi connectivity index (χ2v) is 9.19. The van der Waals surface area contributed by atoms with Gasteiger partial charge in [0.2, 0.25) is 11.9 Å². The van der Waals surface area contributed by atoms with Crippen molar-refractivity contribution in [1.82, 2.24) is 24.8 Å². The van der Waals surface area contributed by atoms with Crippen molar-refractivity contribution in [3.63, 3.8) is 0 Å². The SMILES string of the molecule is CC(=O)N1CCC(c2cc(Nc3cc(C(F)(F)F)ccn3)nc(N3CC(N4CCOCC4)C3)n2)C1. The zero-order valence-corrected chi connectivity index (χ0v) is 19.5. The number of anilines is 3. The summed E-state index contributed by atoms with van der Waals surface area (Å²) in [6.45, 7) is 7.57. The van der Waals surface area contributed by atoms with E-state index in [1.165, 1.54) is 0 Å². The van der Waals surface area contributed by atoms with Crippen molar-refractivity contribution in [3.8, 4) is 0 Å². The molecule has 12 heteroatoms. The van der Waals surface area contributed by atoms with E-state index in [2.05, 4.69) is 25.1 Å². The molecule has 0 radical (unpaired) electrons. The first kappa shape index (κ1) is 23.7. The summed E-state index contributed by atoms with van der Waals surface area (Å²) in [5, 5.41) is 2.94. The van der Waals surface area contributed by atoms with Crippen LogP contribution in [0.1, 0.15) is 30.5 Å². The van der Waals surface area contributed by atoms with Crippen LogP contribution in [0.25, 0.3) is 0 Å². The predicted octanol–water partition coefficient (Wildman–Crippen LogP) is 2.49. The molecule has 188 valence electrons. The van der Waals surface area contributed by atoms with Crippen LogP contribution >= 0.6 is 0 Å². The molecule has 3 aliphatic rings. The second kappa shape index (κ2) is 9.57. The van der Waals surface area contributed by atoms with Crippen molar-refractivity contribution >= 4 is 23.5 Å². The Morgan fingerprint density at radius 3 is 2.54 bits per heavy atom. The average molecular weight is 492 g/mol. The van der Waals surface area contributed by atoms with E-state index in [1.54, 1.807) is 17.9 Å². The smallest absolute Gasteiger partial charge is 0.379 e. The highest BCUT2D eigenvalue weighted by molar-refractivity contribution is 5.73. The van der Waals surface area contributed by atoms with Gasteiger partial charge in [-0.15, -0.1) is 0 Å². The second-order valence-electron chi connectivity index (χ2n) is 9.19. The molecule has 3 fully saturated rings. The number of hydrogen-bond acceptors (Lipinski definition) is 8. The van der Waals surface area contributed by atoms with Crippen molar-refractivity contribution in [2.45, 2.75) is 31.5 Å². The molecule has 2 aromatic heterocycles. The fourth-order valence-electron chi connectivity index (χ4n) is 4.75. The molecule has 1 unspecified atom stereocenters. The number of alkyl halides is 3. The maximum absolute atomic E-state index is 13.2. The number of aromatic nitrogens is 3. The third-order valence-electron chi connectivity index (χ3n) is 6.84. The van der Waals surface area contributed by atoms with Gasteiger partial charge in [0.05, 0.1) is 24.5 Å². The van der Waals surface area contributed by atoms with Crippen LogP contribution in [-0.4, -0.2) is 89.2 Å². The van der Waals surface area contributed by atoms with Gasteiger partial charge in [0, 0.05) is 70.4 Å². The first-order valence-corrected chi connectivity index (χ1v) is 11.8. The Morgan fingerprint density at radius 2 is 1.86 bits per heavy atom. The third kappa shape index (κ3) is 5.32. The molecule has 5 rings (SSSR count). The van der Waals surface area contributed by atoms with Crippen LogP contribution in [-0.2, 0) is 15.7 Å². The van der Waals surface area contributed by atoms with Gasteiger partial charge in [-0.1, -0.05) is 0 Å². The van der Waals surface area contributed by atoms with Crippen LogP contribution < -0.4 is 10.2 Å². The maximum Gasteiger partial charge on any atom is 0.416 e. The number of amides is 1. The van der Waals surface area contributed by atoms with Crippen molar-refractivity contribution < 1.29 is 22.7 Å². The Kier molecular flexibility index (Phi) is 6.49. The van der Waals surface area contributed by atoms with Gasteiger partial charge in [-0.2, -0.15) is 18.2 Å². The highest BCUT2D eigenvalue weighted by Crippen LogP contribution is 2.33. The average Bonchev–Trinajstić information content (AvgIpc) is 3.29. The number of likely N-dealkylation sites (tertiary alicyclic amines) is 1. The lowest BCUT2D eigenvalue weighted by atomic mass is 10.0. The van der Waals surface area contributed by atoms with E-state index in [0.29, 0.717) is 30.9 Å². The molecule has 0 aromatic carbocycles. The molecular formula is C23H28F3N7O2. The van der Waals surface area contributed by atoms with Crippen LogP contribution in [0, 0.1) is 0 Å². The van der Waals surface area contributed by atoms with E-state index in [9.17, 15) is 18.0 Å². The summed E-state index contributed by atoms with van der Waals surface area (Å²) in [7, 11) is 0. The van der Waals surface area contributed by atoms with Crippen molar-refractivity contribution in [3.05, 3.63) is 35.7 Å². The summed E-state index contributed by atoms with van der Waals surface area (Å²) < 4.78 is 44.9. The summed E-state index contributed by atoms with van der Waals surface area (Å²) in [5.41, 5.74) is -0.0171. The van der Waals surface area contributed by atoms with E-state index in [-0.39, 0.29) is 17.6 Å². The molecule has 1 N–H and O–H groups in total. The Bertz CT molecular complexity index is 1070. The summed E-state index contributed by atoms with van der Waals surface area (Å²) in [6, 6.07) is 4.04. The quantitative estimate of drug-likeness (QED) is 0.683. The van der Waals surface area contributed by atoms with Gasteiger partial charge in [-0.3, -0.25) is 9.69 Å². The number of nitrogens with one attached hydrogen (secondary N) is 1. The van der Waals surface area contributed by atoms with Crippen molar-refractivity contribution in [1.29, 1.82) is 0 Å². The van der Waals surface area contributed by atoms with Crippen LogP contribution in [0.3, 0.4) is 0 Å². The standard InChI is InChI=1S/C23H28F3N7O2/c1-15(34)32-5-3-16(12-32)19-11-21(29-20-10-17(2-4-27-20)23(24,25)26)30-22(28-19)33-13-18(14-33)31-6-8-35-9-7-31/h2,4,10-11,16,18H,3,5-9,12-14H2,1H3,(H,27,28,29,30). The molecule has 1 amide bonds. The fourth-order valence-corrected chi connectivity index (χ4v) is 4.75. The number of carbonyl (C=O) groups excluding carboxylic acids is 1. The number of morpholine rings is 1. The molecule has 5 heterocycles. The van der Waals surface area contributed by atoms with Gasteiger partial charge in [-0.05, 0) is 18.6 Å². The minimum Gasteiger partial charge on any atom is -0.379 e. The molecule has 0 spiro atoms. The fraction of sp³-hybridized carbons (Fsp3) is 0.565. The van der Waals surface area contributed by atoms with Crippen molar-refractivity contribution in [2.24, 2.45) is 0 Å². The molecule has 35 heavy (non-hydrogen) atoms. The minimum absolute atomic E-state index is 0.0180. The first-order chi connectivity index (χ1) is 16.8. The van der Waals surface area contributed by atoms with Crippen LogP contribution in [0.15, 0.2) is 24.4 Å². The maximum atomic E-state index is 13.2. The molecule has 0 aliphatic carbocycles. The topological polar surface area (TPSA) is 86.7 Å². The highest BCUT2D eigenvalue weighted by Gasteiger charge is 2.35. The van der Waals surface area contributed by atoms with Gasteiger partial charge in [0.25, 0.3) is 0 Å². The molecule has 0 bridgehead atoms. The lowest BCUT2D eigenvalue weighted by Crippen LogP contribution is -2.62.